The van der Waals surface area contributed by atoms with Crippen LogP contribution in [0.2, 0.25) is 0 Å². The van der Waals surface area contributed by atoms with Crippen molar-refractivity contribution in [3.63, 3.8) is 0 Å². The van der Waals surface area contributed by atoms with Gasteiger partial charge in [-0.25, -0.2) is 0 Å². The van der Waals surface area contributed by atoms with Crippen LogP contribution in [-0.4, -0.2) is 47.7 Å². The number of amides is 1. The molecule has 1 spiro atoms. The van der Waals surface area contributed by atoms with Gasteiger partial charge in [0.25, 0.3) is 0 Å². The summed E-state index contributed by atoms with van der Waals surface area (Å²) in [5.74, 6) is 0.547. The molecule has 3 fully saturated rings. The molecule has 2 N–H and O–H groups in total. The third-order valence-corrected chi connectivity index (χ3v) is 5.07. The van der Waals surface area contributed by atoms with Crippen molar-refractivity contribution in [2.45, 2.75) is 44.6 Å². The lowest BCUT2D eigenvalue weighted by Gasteiger charge is -2.37. The molecule has 2 aliphatic heterocycles. The van der Waals surface area contributed by atoms with Crippen LogP contribution in [-0.2, 0) is 4.79 Å². The standard InChI is InChI=1S/C14H24N2O2/c1-13(18)3-2-8-16(10-13)12(17)11-9-14(11)4-6-15-7-5-14/h11,15,18H,2-10H2,1H3. The van der Waals surface area contributed by atoms with E-state index in [2.05, 4.69) is 5.32 Å². The van der Waals surface area contributed by atoms with Gasteiger partial charge in [0.1, 0.15) is 0 Å². The summed E-state index contributed by atoms with van der Waals surface area (Å²) in [6, 6.07) is 0. The van der Waals surface area contributed by atoms with Gasteiger partial charge < -0.3 is 15.3 Å². The first kappa shape index (κ1) is 12.4. The molecular formula is C14H24N2O2. The van der Waals surface area contributed by atoms with E-state index in [9.17, 15) is 9.90 Å². The molecule has 1 amide bonds. The molecule has 0 aromatic heterocycles. The second-order valence-electron chi connectivity index (χ2n) is 6.73. The van der Waals surface area contributed by atoms with Crippen LogP contribution in [0.15, 0.2) is 0 Å². The lowest BCUT2D eigenvalue weighted by Crippen LogP contribution is -2.49. The Labute approximate surface area is 109 Å². The summed E-state index contributed by atoms with van der Waals surface area (Å²) in [4.78, 5) is 14.4. The third-order valence-electron chi connectivity index (χ3n) is 5.07. The predicted octanol–water partition coefficient (Wildman–Crippen LogP) is 0.749. The number of piperidine rings is 2. The fraction of sp³-hybridized carbons (Fsp3) is 0.929. The Morgan fingerprint density at radius 3 is 2.72 bits per heavy atom. The normalized spacial score (nSPS) is 38.8. The van der Waals surface area contributed by atoms with E-state index < -0.39 is 5.60 Å². The zero-order valence-corrected chi connectivity index (χ0v) is 11.2. The van der Waals surface area contributed by atoms with E-state index in [1.54, 1.807) is 0 Å². The lowest BCUT2D eigenvalue weighted by molar-refractivity contribution is -0.139. The van der Waals surface area contributed by atoms with Crippen molar-refractivity contribution in [1.29, 1.82) is 0 Å². The fourth-order valence-electron chi connectivity index (χ4n) is 3.80. The number of aliphatic hydroxyl groups is 1. The van der Waals surface area contributed by atoms with Crippen molar-refractivity contribution in [1.82, 2.24) is 10.2 Å². The van der Waals surface area contributed by atoms with E-state index in [-0.39, 0.29) is 5.92 Å². The molecule has 4 nitrogen and oxygen atoms in total. The molecule has 2 atom stereocenters. The highest BCUT2D eigenvalue weighted by atomic mass is 16.3. The quantitative estimate of drug-likeness (QED) is 0.724. The van der Waals surface area contributed by atoms with Crippen LogP contribution in [0.5, 0.6) is 0 Å². The molecule has 3 aliphatic rings. The van der Waals surface area contributed by atoms with E-state index in [4.69, 9.17) is 0 Å². The summed E-state index contributed by atoms with van der Waals surface area (Å²) in [5, 5.41) is 13.5. The Morgan fingerprint density at radius 2 is 2.06 bits per heavy atom. The second-order valence-corrected chi connectivity index (χ2v) is 6.73. The fourth-order valence-corrected chi connectivity index (χ4v) is 3.80. The maximum atomic E-state index is 12.5. The lowest BCUT2D eigenvalue weighted by atomic mass is 9.90. The average molecular weight is 252 g/mol. The molecule has 2 saturated heterocycles. The number of nitrogens with one attached hydrogen (secondary N) is 1. The van der Waals surface area contributed by atoms with Crippen molar-refractivity contribution in [3.05, 3.63) is 0 Å². The van der Waals surface area contributed by atoms with E-state index in [0.29, 0.717) is 17.9 Å². The van der Waals surface area contributed by atoms with Gasteiger partial charge in [0.05, 0.1) is 5.60 Å². The van der Waals surface area contributed by atoms with Crippen LogP contribution in [0.4, 0.5) is 0 Å². The summed E-state index contributed by atoms with van der Waals surface area (Å²) < 4.78 is 0. The van der Waals surface area contributed by atoms with Gasteiger partial charge in [-0.3, -0.25) is 4.79 Å². The maximum absolute atomic E-state index is 12.5. The molecule has 0 aromatic rings. The van der Waals surface area contributed by atoms with Crippen molar-refractivity contribution in [2.75, 3.05) is 26.2 Å². The highest BCUT2D eigenvalue weighted by Gasteiger charge is 2.58. The minimum atomic E-state index is -0.677. The minimum absolute atomic E-state index is 0.244. The van der Waals surface area contributed by atoms with Gasteiger partial charge in [-0.05, 0) is 57.5 Å². The molecule has 102 valence electrons. The van der Waals surface area contributed by atoms with Crippen molar-refractivity contribution in [2.24, 2.45) is 11.3 Å². The molecular weight excluding hydrogens is 228 g/mol. The molecule has 1 aliphatic carbocycles. The van der Waals surface area contributed by atoms with Crippen molar-refractivity contribution >= 4 is 5.91 Å². The van der Waals surface area contributed by atoms with Crippen LogP contribution in [0.25, 0.3) is 0 Å². The predicted molar refractivity (Wildman–Crippen MR) is 69.1 cm³/mol. The molecule has 0 radical (unpaired) electrons. The van der Waals surface area contributed by atoms with Crippen molar-refractivity contribution in [3.8, 4) is 0 Å². The second kappa shape index (κ2) is 4.20. The highest BCUT2D eigenvalue weighted by Crippen LogP contribution is 2.59. The third kappa shape index (κ3) is 2.16. The van der Waals surface area contributed by atoms with Crippen LogP contribution in [0.1, 0.15) is 39.0 Å². The maximum Gasteiger partial charge on any atom is 0.226 e. The van der Waals surface area contributed by atoms with Crippen LogP contribution >= 0.6 is 0 Å². The van der Waals surface area contributed by atoms with Crippen LogP contribution in [0.3, 0.4) is 0 Å². The minimum Gasteiger partial charge on any atom is -0.388 e. The molecule has 0 aromatic carbocycles. The van der Waals surface area contributed by atoms with Gasteiger partial charge in [0, 0.05) is 19.0 Å². The molecule has 18 heavy (non-hydrogen) atoms. The molecule has 1 saturated carbocycles. The van der Waals surface area contributed by atoms with E-state index in [1.807, 2.05) is 11.8 Å². The largest absolute Gasteiger partial charge is 0.388 e. The average Bonchev–Trinajstić information content (AvgIpc) is 3.01. The smallest absolute Gasteiger partial charge is 0.226 e. The number of nitrogens with zero attached hydrogens (tertiary/aromatic N) is 1. The SMILES string of the molecule is CC1(O)CCCN(C(=O)C2CC23CCNCC3)C1. The van der Waals surface area contributed by atoms with Crippen molar-refractivity contribution < 1.29 is 9.90 Å². The highest BCUT2D eigenvalue weighted by molar-refractivity contribution is 5.83. The first-order valence-electron chi connectivity index (χ1n) is 7.24. The van der Waals surface area contributed by atoms with Gasteiger partial charge in [0.15, 0.2) is 0 Å². The van der Waals surface area contributed by atoms with Gasteiger partial charge >= 0.3 is 0 Å². The number of carbonyl (C=O) groups is 1. The zero-order chi connectivity index (χ0) is 12.8. The van der Waals surface area contributed by atoms with E-state index >= 15 is 0 Å². The number of carbonyl (C=O) groups excluding carboxylic acids is 1. The van der Waals surface area contributed by atoms with E-state index in [0.717, 1.165) is 51.7 Å². The molecule has 2 heterocycles. The van der Waals surface area contributed by atoms with Crippen LogP contribution in [0, 0.1) is 11.3 Å². The van der Waals surface area contributed by atoms with Gasteiger partial charge in [0.2, 0.25) is 5.91 Å². The number of hydrogen-bond donors (Lipinski definition) is 2. The Bertz CT molecular complexity index is 348. The first-order chi connectivity index (χ1) is 8.53. The number of likely N-dealkylation sites (tertiary alicyclic amines) is 1. The molecule has 4 heteroatoms. The van der Waals surface area contributed by atoms with Gasteiger partial charge in [-0.2, -0.15) is 0 Å². The summed E-state index contributed by atoms with van der Waals surface area (Å²) in [7, 11) is 0. The number of β-amino-alcohol motifs (C(OH)–C–C–N with tert-alkyl or cyclic N) is 1. The number of rotatable bonds is 1. The summed E-state index contributed by atoms with van der Waals surface area (Å²) >= 11 is 0. The Kier molecular flexibility index (Phi) is 2.90. The van der Waals surface area contributed by atoms with Gasteiger partial charge in [-0.15, -0.1) is 0 Å². The first-order valence-corrected chi connectivity index (χ1v) is 7.24. The Hall–Kier alpha value is -0.610. The Balaban J connectivity index is 1.62. The van der Waals surface area contributed by atoms with Crippen LogP contribution < -0.4 is 5.32 Å². The monoisotopic (exact) mass is 252 g/mol. The molecule has 3 rings (SSSR count). The van der Waals surface area contributed by atoms with E-state index in [1.165, 1.54) is 0 Å². The Morgan fingerprint density at radius 1 is 1.33 bits per heavy atom. The summed E-state index contributed by atoms with van der Waals surface area (Å²) in [6.07, 6.45) is 5.12. The summed E-state index contributed by atoms with van der Waals surface area (Å²) in [5.41, 5.74) is -0.365. The molecule has 2 unspecified atom stereocenters. The summed E-state index contributed by atoms with van der Waals surface area (Å²) in [6.45, 7) is 5.32. The zero-order valence-electron chi connectivity index (χ0n) is 11.2. The van der Waals surface area contributed by atoms with Gasteiger partial charge in [-0.1, -0.05) is 0 Å². The topological polar surface area (TPSA) is 52.6 Å². The number of hydrogen-bond acceptors (Lipinski definition) is 3. The molecule has 0 bridgehead atoms.